The third-order valence-electron chi connectivity index (χ3n) is 1.87. The molecule has 0 saturated heterocycles. The van der Waals surface area contributed by atoms with Crippen LogP contribution in [-0.4, -0.2) is 27.4 Å². The van der Waals surface area contributed by atoms with E-state index >= 15 is 0 Å². The van der Waals surface area contributed by atoms with E-state index < -0.39 is 0 Å². The second-order valence-electron chi connectivity index (χ2n) is 2.89. The highest BCUT2D eigenvalue weighted by Gasteiger charge is 2.06. The van der Waals surface area contributed by atoms with Crippen LogP contribution in [0.4, 0.5) is 0 Å². The average Bonchev–Trinajstić information content (AvgIpc) is 2.50. The third-order valence-corrected chi connectivity index (χ3v) is 1.87. The van der Waals surface area contributed by atoms with Gasteiger partial charge in [0, 0.05) is 20.3 Å². The summed E-state index contributed by atoms with van der Waals surface area (Å²) < 4.78 is 1.88. The van der Waals surface area contributed by atoms with Crippen molar-refractivity contribution in [2.75, 3.05) is 7.05 Å². The second kappa shape index (κ2) is 3.89. The molecule has 70 valence electrons. The van der Waals surface area contributed by atoms with Gasteiger partial charge in [-0.3, -0.25) is 4.79 Å². The van der Waals surface area contributed by atoms with Gasteiger partial charge in [0.1, 0.15) is 0 Å². The highest BCUT2D eigenvalue weighted by molar-refractivity contribution is 5.86. The molecule has 0 aliphatic heterocycles. The molecule has 0 unspecified atom stereocenters. The number of hydrogen-bond donors (Lipinski definition) is 0. The Morgan fingerprint density at radius 2 is 2.54 bits per heavy atom. The first-order chi connectivity index (χ1) is 6.15. The van der Waals surface area contributed by atoms with Gasteiger partial charge in [0.05, 0.1) is 18.6 Å². The number of carbonyl (C=O) groups excluding carboxylic acids is 1. The molecule has 1 aromatic heterocycles. The zero-order valence-electron chi connectivity index (χ0n) is 7.90. The van der Waals surface area contributed by atoms with E-state index in [2.05, 4.69) is 11.6 Å². The summed E-state index contributed by atoms with van der Waals surface area (Å²) in [7, 11) is 3.63. The van der Waals surface area contributed by atoms with Gasteiger partial charge in [0.2, 0.25) is 5.91 Å². The fraction of sp³-hybridized carbons (Fsp3) is 0.333. The molecule has 1 amide bonds. The van der Waals surface area contributed by atoms with Crippen LogP contribution in [0.1, 0.15) is 5.69 Å². The maximum atomic E-state index is 11.1. The first kappa shape index (κ1) is 9.51. The van der Waals surface area contributed by atoms with E-state index in [0.717, 1.165) is 5.69 Å². The summed E-state index contributed by atoms with van der Waals surface area (Å²) in [5.74, 6) is -0.0822. The summed E-state index contributed by atoms with van der Waals surface area (Å²) in [5.41, 5.74) is 0.998. The first-order valence-corrected chi connectivity index (χ1v) is 3.98. The monoisotopic (exact) mass is 179 g/mol. The molecular formula is C9H13N3O. The Hall–Kier alpha value is -1.58. The molecule has 0 bridgehead atoms. The van der Waals surface area contributed by atoms with Gasteiger partial charge in [-0.1, -0.05) is 6.58 Å². The fourth-order valence-corrected chi connectivity index (χ4v) is 1.01. The summed E-state index contributed by atoms with van der Waals surface area (Å²) in [6.07, 6.45) is 4.75. The van der Waals surface area contributed by atoms with Crippen molar-refractivity contribution in [3.8, 4) is 0 Å². The zero-order chi connectivity index (χ0) is 9.84. The SMILES string of the molecule is C=CC(=O)N(C)Cc1cncn1C. The lowest BCUT2D eigenvalue weighted by atomic mass is 10.4. The van der Waals surface area contributed by atoms with Crippen LogP contribution in [0.3, 0.4) is 0 Å². The Kier molecular flexibility index (Phi) is 2.84. The van der Waals surface area contributed by atoms with Crippen molar-refractivity contribution in [3.05, 3.63) is 30.9 Å². The Labute approximate surface area is 77.5 Å². The molecule has 0 saturated carbocycles. The van der Waals surface area contributed by atoms with Crippen LogP contribution >= 0.6 is 0 Å². The van der Waals surface area contributed by atoms with E-state index in [0.29, 0.717) is 6.54 Å². The second-order valence-corrected chi connectivity index (χ2v) is 2.89. The largest absolute Gasteiger partial charge is 0.336 e. The van der Waals surface area contributed by atoms with Crippen molar-refractivity contribution < 1.29 is 4.79 Å². The van der Waals surface area contributed by atoms with E-state index in [1.54, 1.807) is 24.5 Å². The number of nitrogens with zero attached hydrogens (tertiary/aromatic N) is 3. The molecular weight excluding hydrogens is 166 g/mol. The minimum absolute atomic E-state index is 0.0822. The van der Waals surface area contributed by atoms with Crippen LogP contribution in [0.25, 0.3) is 0 Å². The molecule has 1 rings (SSSR count). The molecule has 0 atom stereocenters. The van der Waals surface area contributed by atoms with E-state index in [4.69, 9.17) is 0 Å². The molecule has 0 radical (unpaired) electrons. The van der Waals surface area contributed by atoms with Gasteiger partial charge in [-0.05, 0) is 6.08 Å². The van der Waals surface area contributed by atoms with Crippen molar-refractivity contribution in [1.82, 2.24) is 14.5 Å². The van der Waals surface area contributed by atoms with Gasteiger partial charge >= 0.3 is 0 Å². The number of rotatable bonds is 3. The Bertz CT molecular complexity index is 316. The molecule has 0 aliphatic rings. The van der Waals surface area contributed by atoms with Gasteiger partial charge in [-0.2, -0.15) is 0 Å². The first-order valence-electron chi connectivity index (χ1n) is 3.98. The predicted molar refractivity (Wildman–Crippen MR) is 49.9 cm³/mol. The molecule has 0 aliphatic carbocycles. The van der Waals surface area contributed by atoms with Crippen LogP contribution in [0, 0.1) is 0 Å². The van der Waals surface area contributed by atoms with Crippen LogP contribution in [0.15, 0.2) is 25.2 Å². The fourth-order valence-electron chi connectivity index (χ4n) is 1.01. The Morgan fingerprint density at radius 1 is 1.85 bits per heavy atom. The summed E-state index contributed by atoms with van der Waals surface area (Å²) in [4.78, 5) is 16.7. The summed E-state index contributed by atoms with van der Waals surface area (Å²) in [5, 5.41) is 0. The standard InChI is InChI=1S/C9H13N3O/c1-4-9(13)11(2)6-8-5-10-7-12(8)3/h4-5,7H,1,6H2,2-3H3. The summed E-state index contributed by atoms with van der Waals surface area (Å²) in [6, 6.07) is 0. The Morgan fingerprint density at radius 3 is 3.00 bits per heavy atom. The van der Waals surface area contributed by atoms with Crippen molar-refractivity contribution in [3.63, 3.8) is 0 Å². The minimum Gasteiger partial charge on any atom is -0.336 e. The summed E-state index contributed by atoms with van der Waals surface area (Å²) in [6.45, 7) is 3.98. The number of likely N-dealkylation sites (N-methyl/N-ethyl adjacent to an activating group) is 1. The van der Waals surface area contributed by atoms with E-state index in [1.165, 1.54) is 6.08 Å². The number of aromatic nitrogens is 2. The highest BCUT2D eigenvalue weighted by Crippen LogP contribution is 2.01. The molecule has 1 heterocycles. The number of hydrogen-bond acceptors (Lipinski definition) is 2. The lowest BCUT2D eigenvalue weighted by Crippen LogP contribution is -2.24. The number of imidazole rings is 1. The normalized spacial score (nSPS) is 9.69. The lowest BCUT2D eigenvalue weighted by molar-refractivity contribution is -0.125. The van der Waals surface area contributed by atoms with Crippen LogP contribution < -0.4 is 0 Å². The van der Waals surface area contributed by atoms with Crippen molar-refractivity contribution in [2.45, 2.75) is 6.54 Å². The predicted octanol–water partition coefficient (Wildman–Crippen LogP) is 0.565. The van der Waals surface area contributed by atoms with Gasteiger partial charge in [-0.25, -0.2) is 4.98 Å². The molecule has 0 fully saturated rings. The topological polar surface area (TPSA) is 38.1 Å². The maximum absolute atomic E-state index is 11.1. The summed E-state index contributed by atoms with van der Waals surface area (Å²) >= 11 is 0. The number of aryl methyl sites for hydroxylation is 1. The van der Waals surface area contributed by atoms with Gasteiger partial charge in [0.15, 0.2) is 0 Å². The molecule has 0 spiro atoms. The molecule has 0 aromatic carbocycles. The molecule has 0 N–H and O–H groups in total. The lowest BCUT2D eigenvalue weighted by Gasteiger charge is -2.14. The number of carbonyl (C=O) groups is 1. The van der Waals surface area contributed by atoms with E-state index in [1.807, 2.05) is 11.6 Å². The molecule has 4 heteroatoms. The van der Waals surface area contributed by atoms with Crippen molar-refractivity contribution in [2.24, 2.45) is 7.05 Å². The van der Waals surface area contributed by atoms with Crippen LogP contribution in [-0.2, 0) is 18.4 Å². The number of amides is 1. The van der Waals surface area contributed by atoms with E-state index in [-0.39, 0.29) is 5.91 Å². The Balaban J connectivity index is 2.64. The highest BCUT2D eigenvalue weighted by atomic mass is 16.2. The van der Waals surface area contributed by atoms with Crippen LogP contribution in [0.5, 0.6) is 0 Å². The smallest absolute Gasteiger partial charge is 0.246 e. The molecule has 13 heavy (non-hydrogen) atoms. The van der Waals surface area contributed by atoms with E-state index in [9.17, 15) is 4.79 Å². The van der Waals surface area contributed by atoms with Crippen molar-refractivity contribution >= 4 is 5.91 Å². The van der Waals surface area contributed by atoms with Crippen LogP contribution in [0.2, 0.25) is 0 Å². The minimum atomic E-state index is -0.0822. The van der Waals surface area contributed by atoms with Crippen molar-refractivity contribution in [1.29, 1.82) is 0 Å². The molecule has 4 nitrogen and oxygen atoms in total. The van der Waals surface area contributed by atoms with Gasteiger partial charge < -0.3 is 9.47 Å². The van der Waals surface area contributed by atoms with Gasteiger partial charge in [-0.15, -0.1) is 0 Å². The molecule has 1 aromatic rings. The van der Waals surface area contributed by atoms with Gasteiger partial charge in [0.25, 0.3) is 0 Å². The third kappa shape index (κ3) is 2.18. The maximum Gasteiger partial charge on any atom is 0.246 e. The quantitative estimate of drug-likeness (QED) is 0.636. The average molecular weight is 179 g/mol. The zero-order valence-corrected chi connectivity index (χ0v) is 7.90.